The number of esters is 1. The first-order chi connectivity index (χ1) is 23.0. The van der Waals surface area contributed by atoms with Crippen molar-refractivity contribution in [2.45, 2.75) is 225 Å². The van der Waals surface area contributed by atoms with Gasteiger partial charge >= 0.3 is 11.9 Å². The van der Waals surface area contributed by atoms with Gasteiger partial charge in [-0.1, -0.05) is 174 Å². The highest BCUT2D eigenvalue weighted by Gasteiger charge is 2.11. The van der Waals surface area contributed by atoms with Crippen LogP contribution in [-0.2, 0) is 19.1 Å². The number of carboxylic acids is 1. The van der Waals surface area contributed by atoms with E-state index in [9.17, 15) is 14.4 Å². The molecule has 0 bridgehead atoms. The summed E-state index contributed by atoms with van der Waals surface area (Å²) < 4.78 is 5.93. The van der Waals surface area contributed by atoms with Gasteiger partial charge in [-0.15, -0.1) is 0 Å². The van der Waals surface area contributed by atoms with E-state index in [0.29, 0.717) is 12.8 Å². The van der Waals surface area contributed by atoms with Crippen LogP contribution in [0, 0.1) is 0 Å². The number of amides is 1. The van der Waals surface area contributed by atoms with Gasteiger partial charge in [0.2, 0.25) is 5.91 Å². The molecule has 0 fully saturated rings. The van der Waals surface area contributed by atoms with Crippen molar-refractivity contribution in [3.05, 3.63) is 12.2 Å². The van der Waals surface area contributed by atoms with E-state index in [4.69, 9.17) is 9.84 Å². The van der Waals surface area contributed by atoms with Gasteiger partial charge in [-0.2, -0.15) is 0 Å². The van der Waals surface area contributed by atoms with Crippen LogP contribution in [0.5, 0.6) is 0 Å². The van der Waals surface area contributed by atoms with E-state index in [-0.39, 0.29) is 24.5 Å². The molecule has 0 aromatic carbocycles. The lowest BCUT2D eigenvalue weighted by Gasteiger charge is -2.15. The van der Waals surface area contributed by atoms with Crippen LogP contribution in [-0.4, -0.2) is 35.6 Å². The van der Waals surface area contributed by atoms with Gasteiger partial charge in [0.25, 0.3) is 0 Å². The number of rotatable bonds is 37. The highest BCUT2D eigenvalue weighted by molar-refractivity contribution is 5.80. The number of aliphatic carboxylic acids is 1. The number of hydrogen-bond donors (Lipinski definition) is 2. The third-order valence-corrected chi connectivity index (χ3v) is 9.17. The molecule has 0 aromatic rings. The van der Waals surface area contributed by atoms with Gasteiger partial charge in [0, 0.05) is 12.8 Å². The summed E-state index contributed by atoms with van der Waals surface area (Å²) in [4.78, 5) is 34.8. The predicted molar refractivity (Wildman–Crippen MR) is 199 cm³/mol. The van der Waals surface area contributed by atoms with Crippen molar-refractivity contribution >= 4 is 17.8 Å². The van der Waals surface area contributed by atoms with E-state index in [1.807, 2.05) is 0 Å². The lowest BCUT2D eigenvalue weighted by atomic mass is 10.0. The second kappa shape index (κ2) is 37.0. The average molecular weight is 664 g/mol. The second-order valence-electron chi connectivity index (χ2n) is 13.9. The lowest BCUT2D eigenvalue weighted by molar-refractivity contribution is -0.147. The van der Waals surface area contributed by atoms with Gasteiger partial charge < -0.3 is 15.2 Å². The monoisotopic (exact) mass is 664 g/mol. The smallest absolute Gasteiger partial charge is 0.322 e. The van der Waals surface area contributed by atoms with E-state index < -0.39 is 5.97 Å². The number of hydrogen-bond acceptors (Lipinski definition) is 4. The Kier molecular flexibility index (Phi) is 35.5. The minimum atomic E-state index is -1.01. The molecule has 1 amide bonds. The van der Waals surface area contributed by atoms with Gasteiger partial charge in [0.15, 0.2) is 0 Å². The van der Waals surface area contributed by atoms with Crippen molar-refractivity contribution in [2.24, 2.45) is 0 Å². The summed E-state index contributed by atoms with van der Waals surface area (Å²) >= 11 is 0. The Morgan fingerprint density at radius 2 is 0.957 bits per heavy atom. The molecule has 0 aliphatic carbocycles. The van der Waals surface area contributed by atoms with Crippen LogP contribution < -0.4 is 5.32 Å². The second-order valence-corrected chi connectivity index (χ2v) is 13.9. The first kappa shape index (κ1) is 45.2. The van der Waals surface area contributed by atoms with Gasteiger partial charge in [-0.25, -0.2) is 0 Å². The topological polar surface area (TPSA) is 92.7 Å². The van der Waals surface area contributed by atoms with E-state index >= 15 is 0 Å². The highest BCUT2D eigenvalue weighted by Crippen LogP contribution is 2.17. The van der Waals surface area contributed by atoms with Crippen LogP contribution in [0.4, 0.5) is 0 Å². The van der Waals surface area contributed by atoms with Crippen molar-refractivity contribution < 1.29 is 24.2 Å². The van der Waals surface area contributed by atoms with E-state index in [1.54, 1.807) is 0 Å². The molecule has 0 aromatic heterocycles. The zero-order valence-electron chi connectivity index (χ0n) is 31.1. The third kappa shape index (κ3) is 36.8. The third-order valence-electron chi connectivity index (χ3n) is 9.17. The van der Waals surface area contributed by atoms with Crippen LogP contribution in [0.15, 0.2) is 12.2 Å². The van der Waals surface area contributed by atoms with Crippen molar-refractivity contribution in [1.82, 2.24) is 5.32 Å². The van der Waals surface area contributed by atoms with Crippen molar-refractivity contribution in [3.63, 3.8) is 0 Å². The highest BCUT2D eigenvalue weighted by atomic mass is 16.5. The summed E-state index contributed by atoms with van der Waals surface area (Å²) in [5.41, 5.74) is 0. The van der Waals surface area contributed by atoms with Crippen molar-refractivity contribution in [2.75, 3.05) is 6.54 Å². The number of unbranched alkanes of at least 4 members (excludes halogenated alkanes) is 26. The maximum absolute atomic E-state index is 12.7. The fourth-order valence-corrected chi connectivity index (χ4v) is 6.13. The van der Waals surface area contributed by atoms with Gasteiger partial charge in [0.1, 0.15) is 12.6 Å². The van der Waals surface area contributed by atoms with E-state index in [2.05, 4.69) is 31.3 Å². The zero-order chi connectivity index (χ0) is 34.5. The zero-order valence-corrected chi connectivity index (χ0v) is 31.1. The predicted octanol–water partition coefficient (Wildman–Crippen LogP) is 12.2. The summed E-state index contributed by atoms with van der Waals surface area (Å²) in [5.74, 6) is -1.25. The Morgan fingerprint density at radius 1 is 0.553 bits per heavy atom. The van der Waals surface area contributed by atoms with Gasteiger partial charge in [-0.05, 0) is 44.6 Å². The number of nitrogens with one attached hydrogen (secondary N) is 1. The summed E-state index contributed by atoms with van der Waals surface area (Å²) in [6.07, 6.45) is 42.1. The maximum Gasteiger partial charge on any atom is 0.322 e. The minimum absolute atomic E-state index is 0.0502. The maximum atomic E-state index is 12.7. The number of carboxylic acid groups (broad SMARTS) is 1. The van der Waals surface area contributed by atoms with Crippen LogP contribution in [0.1, 0.15) is 219 Å². The Balaban J connectivity index is 4.06. The molecule has 6 heteroatoms. The molecule has 47 heavy (non-hydrogen) atoms. The number of ether oxygens (including phenoxy) is 1. The summed E-state index contributed by atoms with van der Waals surface area (Å²) in [5, 5.41) is 11.0. The molecule has 1 unspecified atom stereocenters. The molecule has 0 spiro atoms. The fraction of sp³-hybridized carbons (Fsp3) is 0.878. The number of carbonyl (C=O) groups is 3. The lowest BCUT2D eigenvalue weighted by Crippen LogP contribution is -2.28. The quantitative estimate of drug-likeness (QED) is 0.0392. The molecule has 0 aliphatic rings. The summed E-state index contributed by atoms with van der Waals surface area (Å²) in [7, 11) is 0. The molecule has 0 radical (unpaired) electrons. The van der Waals surface area contributed by atoms with Gasteiger partial charge in [0.05, 0.1) is 0 Å². The van der Waals surface area contributed by atoms with E-state index in [0.717, 1.165) is 64.2 Å². The first-order valence-electron chi connectivity index (χ1n) is 20.3. The molecular formula is C41H77NO5. The van der Waals surface area contributed by atoms with E-state index in [1.165, 1.54) is 128 Å². The normalized spacial score (nSPS) is 12.0. The molecule has 0 aliphatic heterocycles. The molecule has 0 rings (SSSR count). The standard InChI is InChI=1S/C41H77NO5/c1-3-5-7-9-11-13-14-15-16-17-18-19-20-22-28-32-36-41(46)47-38(33-29-25-21-12-10-8-6-4-2)34-30-26-23-24-27-31-35-39(43)42-37-40(44)45/h29,33,38H,3-28,30-32,34-37H2,1-2H3,(H,42,43)(H,44,45)/b33-29-. The molecule has 276 valence electrons. The molecule has 0 saturated heterocycles. The number of carbonyl (C=O) groups excluding carboxylic acids is 2. The Labute approximate surface area is 291 Å². The summed E-state index contributed by atoms with van der Waals surface area (Å²) in [6, 6.07) is 0. The molecule has 6 nitrogen and oxygen atoms in total. The largest absolute Gasteiger partial charge is 0.480 e. The van der Waals surface area contributed by atoms with Crippen molar-refractivity contribution in [1.29, 1.82) is 0 Å². The number of allylic oxidation sites excluding steroid dienone is 1. The Hall–Kier alpha value is -1.85. The SMILES string of the molecule is CCCCCCCC/C=C\C(CCCCCCCCC(=O)NCC(=O)O)OC(=O)CCCCCCCCCCCCCCCCCC. The Morgan fingerprint density at radius 3 is 1.43 bits per heavy atom. The fourth-order valence-electron chi connectivity index (χ4n) is 6.13. The first-order valence-corrected chi connectivity index (χ1v) is 20.3. The Bertz CT molecular complexity index is 737. The molecule has 1 atom stereocenters. The molecule has 0 saturated carbocycles. The average Bonchev–Trinajstić information content (AvgIpc) is 3.05. The van der Waals surface area contributed by atoms with Crippen LogP contribution >= 0.6 is 0 Å². The minimum Gasteiger partial charge on any atom is -0.480 e. The molecule has 0 heterocycles. The molecular weight excluding hydrogens is 586 g/mol. The van der Waals surface area contributed by atoms with Crippen LogP contribution in [0.2, 0.25) is 0 Å². The van der Waals surface area contributed by atoms with Crippen LogP contribution in [0.3, 0.4) is 0 Å². The van der Waals surface area contributed by atoms with Crippen LogP contribution in [0.25, 0.3) is 0 Å². The molecule has 2 N–H and O–H groups in total. The van der Waals surface area contributed by atoms with Crippen molar-refractivity contribution in [3.8, 4) is 0 Å². The summed E-state index contributed by atoms with van der Waals surface area (Å²) in [6.45, 7) is 4.22. The van der Waals surface area contributed by atoms with Gasteiger partial charge in [-0.3, -0.25) is 14.4 Å².